The Kier molecular flexibility index (Phi) is 4.68. The van der Waals surface area contributed by atoms with Crippen molar-refractivity contribution in [1.29, 1.82) is 0 Å². The van der Waals surface area contributed by atoms with Crippen molar-refractivity contribution < 1.29 is 9.53 Å². The quantitative estimate of drug-likeness (QED) is 0.303. The number of benzene rings is 1. The van der Waals surface area contributed by atoms with Gasteiger partial charge in [-0.3, -0.25) is 0 Å². The molecule has 0 saturated heterocycles. The van der Waals surface area contributed by atoms with Crippen LogP contribution in [0.15, 0.2) is 30.3 Å². The van der Waals surface area contributed by atoms with Gasteiger partial charge in [0, 0.05) is 0 Å². The molecule has 1 rings (SSSR count). The molecule has 86 valence electrons. The lowest BCUT2D eigenvalue weighted by Gasteiger charge is -2.17. The summed E-state index contributed by atoms with van der Waals surface area (Å²) >= 11 is 4.84. The number of hydrogen-bond donors (Lipinski definition) is 3. The minimum Gasteiger partial charge on any atom is -0.467 e. The normalized spacial score (nSPS) is 11.4. The van der Waals surface area contributed by atoms with Gasteiger partial charge in [-0.05, 0) is 17.8 Å². The second-order valence-corrected chi connectivity index (χ2v) is 3.39. The first kappa shape index (κ1) is 12.4. The van der Waals surface area contributed by atoms with Crippen LogP contribution < -0.4 is 16.6 Å². The number of nitrogens with one attached hydrogen (secondary N) is 2. The molecule has 0 amide bonds. The molecule has 1 unspecified atom stereocenters. The van der Waals surface area contributed by atoms with Crippen molar-refractivity contribution in [2.24, 2.45) is 5.84 Å². The molecule has 0 aliphatic rings. The zero-order valence-electron chi connectivity index (χ0n) is 8.77. The van der Waals surface area contributed by atoms with Crippen LogP contribution in [0.3, 0.4) is 0 Å². The molecule has 0 spiro atoms. The monoisotopic (exact) mass is 239 g/mol. The summed E-state index contributed by atoms with van der Waals surface area (Å²) in [4.78, 5) is 11.6. The van der Waals surface area contributed by atoms with Gasteiger partial charge in [-0.25, -0.2) is 10.6 Å². The Morgan fingerprint density at radius 2 is 2.06 bits per heavy atom. The highest BCUT2D eigenvalue weighted by Crippen LogP contribution is 2.13. The Bertz CT molecular complexity index is 370. The highest BCUT2D eigenvalue weighted by atomic mass is 32.1. The first-order chi connectivity index (χ1) is 7.69. The van der Waals surface area contributed by atoms with E-state index in [9.17, 15) is 4.79 Å². The Morgan fingerprint density at radius 1 is 1.44 bits per heavy atom. The second-order valence-electron chi connectivity index (χ2n) is 2.98. The maximum absolute atomic E-state index is 11.6. The highest BCUT2D eigenvalue weighted by Gasteiger charge is 2.21. The number of esters is 1. The van der Waals surface area contributed by atoms with Gasteiger partial charge in [0.15, 0.2) is 11.2 Å². The molecule has 0 radical (unpaired) electrons. The van der Waals surface area contributed by atoms with Gasteiger partial charge < -0.3 is 15.5 Å². The molecule has 4 N–H and O–H groups in total. The number of nitrogens with two attached hydrogens (primary N) is 1. The smallest absolute Gasteiger partial charge is 0.333 e. The van der Waals surface area contributed by atoms with Gasteiger partial charge in [-0.15, -0.1) is 0 Å². The molecule has 1 atom stereocenters. The molecule has 1 aromatic rings. The minimum atomic E-state index is -0.658. The molecule has 16 heavy (non-hydrogen) atoms. The number of carbonyl (C=O) groups excluding carboxylic acids is 1. The van der Waals surface area contributed by atoms with E-state index in [1.807, 2.05) is 18.2 Å². The van der Waals surface area contributed by atoms with E-state index in [1.54, 1.807) is 12.1 Å². The first-order valence-corrected chi connectivity index (χ1v) is 4.99. The lowest BCUT2D eigenvalue weighted by molar-refractivity contribution is -0.142. The lowest BCUT2D eigenvalue weighted by atomic mass is 10.1. The molecular formula is C10H13N3O2S. The van der Waals surface area contributed by atoms with Crippen molar-refractivity contribution in [3.63, 3.8) is 0 Å². The molecule has 5 nitrogen and oxygen atoms in total. The lowest BCUT2D eigenvalue weighted by Crippen LogP contribution is -2.44. The number of carbonyl (C=O) groups is 1. The second kappa shape index (κ2) is 6.04. The zero-order chi connectivity index (χ0) is 12.0. The summed E-state index contributed by atoms with van der Waals surface area (Å²) in [5.74, 6) is 4.71. The predicted octanol–water partition coefficient (Wildman–Crippen LogP) is 0.239. The van der Waals surface area contributed by atoms with Crippen molar-refractivity contribution in [3.05, 3.63) is 35.9 Å². The van der Waals surface area contributed by atoms with E-state index < -0.39 is 12.0 Å². The predicted molar refractivity (Wildman–Crippen MR) is 64.3 cm³/mol. The van der Waals surface area contributed by atoms with Gasteiger partial charge in [0.05, 0.1) is 7.11 Å². The summed E-state index contributed by atoms with van der Waals surface area (Å²) in [5.41, 5.74) is 3.01. The molecule has 0 aliphatic heterocycles. The van der Waals surface area contributed by atoms with Crippen LogP contribution in [0.25, 0.3) is 0 Å². The molecule has 0 aliphatic carbocycles. The fourth-order valence-corrected chi connectivity index (χ4v) is 1.33. The molecule has 0 bridgehead atoms. The van der Waals surface area contributed by atoms with Gasteiger partial charge in [-0.1, -0.05) is 30.3 Å². The van der Waals surface area contributed by atoms with Gasteiger partial charge in [0.1, 0.15) is 0 Å². The number of thiocarbonyl (C=S) groups is 1. The van der Waals surface area contributed by atoms with Crippen LogP contribution in [0.2, 0.25) is 0 Å². The Balaban J connectivity index is 2.88. The maximum Gasteiger partial charge on any atom is 0.333 e. The number of methoxy groups -OCH3 is 1. The number of hydrogen-bond acceptors (Lipinski definition) is 4. The van der Waals surface area contributed by atoms with Crippen molar-refractivity contribution in [2.75, 3.05) is 7.11 Å². The van der Waals surface area contributed by atoms with Crippen molar-refractivity contribution >= 4 is 23.3 Å². The van der Waals surface area contributed by atoms with Gasteiger partial charge >= 0.3 is 5.97 Å². The Labute approximate surface area is 98.9 Å². The first-order valence-electron chi connectivity index (χ1n) is 4.59. The molecule has 1 aromatic carbocycles. The number of ether oxygens (including phenoxy) is 1. The van der Waals surface area contributed by atoms with Crippen LogP contribution in [0.1, 0.15) is 11.6 Å². The van der Waals surface area contributed by atoms with E-state index in [-0.39, 0.29) is 5.11 Å². The molecule has 0 heterocycles. The average Bonchev–Trinajstić information content (AvgIpc) is 2.35. The van der Waals surface area contributed by atoms with E-state index in [1.165, 1.54) is 7.11 Å². The summed E-state index contributed by atoms with van der Waals surface area (Å²) in [6.07, 6.45) is 0. The van der Waals surface area contributed by atoms with Gasteiger partial charge in [0.2, 0.25) is 0 Å². The summed E-state index contributed by atoms with van der Waals surface area (Å²) in [6, 6.07) is 8.45. The molecule has 0 saturated carbocycles. The number of rotatable bonds is 3. The fraction of sp³-hybridized carbons (Fsp3) is 0.200. The summed E-state index contributed by atoms with van der Waals surface area (Å²) < 4.78 is 4.68. The Hall–Kier alpha value is -1.66. The summed E-state index contributed by atoms with van der Waals surface area (Å²) in [7, 11) is 1.32. The summed E-state index contributed by atoms with van der Waals surface area (Å²) in [6.45, 7) is 0. The maximum atomic E-state index is 11.6. The minimum absolute atomic E-state index is 0.180. The van der Waals surface area contributed by atoms with Gasteiger partial charge in [0.25, 0.3) is 0 Å². The van der Waals surface area contributed by atoms with E-state index in [2.05, 4.69) is 15.5 Å². The third kappa shape index (κ3) is 3.18. The van der Waals surface area contributed by atoms with Gasteiger partial charge in [-0.2, -0.15) is 0 Å². The number of hydrazine groups is 1. The zero-order valence-corrected chi connectivity index (χ0v) is 9.58. The van der Waals surface area contributed by atoms with Crippen LogP contribution in [0.4, 0.5) is 0 Å². The third-order valence-electron chi connectivity index (χ3n) is 1.98. The van der Waals surface area contributed by atoms with Crippen LogP contribution in [-0.2, 0) is 9.53 Å². The van der Waals surface area contributed by atoms with Crippen LogP contribution in [-0.4, -0.2) is 18.2 Å². The molecule has 6 heteroatoms. The molecule has 0 aromatic heterocycles. The van der Waals surface area contributed by atoms with Crippen LogP contribution >= 0.6 is 12.2 Å². The van der Waals surface area contributed by atoms with E-state index in [4.69, 9.17) is 18.1 Å². The average molecular weight is 239 g/mol. The van der Waals surface area contributed by atoms with Crippen molar-refractivity contribution in [3.8, 4) is 0 Å². The fourth-order valence-electron chi connectivity index (χ4n) is 1.21. The van der Waals surface area contributed by atoms with Crippen molar-refractivity contribution in [1.82, 2.24) is 10.7 Å². The van der Waals surface area contributed by atoms with E-state index in [0.717, 1.165) is 5.56 Å². The highest BCUT2D eigenvalue weighted by molar-refractivity contribution is 7.80. The van der Waals surface area contributed by atoms with E-state index >= 15 is 0 Å². The summed E-state index contributed by atoms with van der Waals surface area (Å²) in [5, 5.41) is 2.93. The topological polar surface area (TPSA) is 76.4 Å². The largest absolute Gasteiger partial charge is 0.467 e. The molecular weight excluding hydrogens is 226 g/mol. The Morgan fingerprint density at radius 3 is 2.56 bits per heavy atom. The standard InChI is InChI=1S/C10H13N3O2S/c1-15-9(14)8(12-10(16)13-11)7-5-3-2-4-6-7/h2-6,8H,11H2,1H3,(H2,12,13,16). The van der Waals surface area contributed by atoms with Crippen LogP contribution in [0.5, 0.6) is 0 Å². The van der Waals surface area contributed by atoms with Crippen molar-refractivity contribution in [2.45, 2.75) is 6.04 Å². The molecule has 0 fully saturated rings. The van der Waals surface area contributed by atoms with Crippen LogP contribution in [0, 0.1) is 0 Å². The SMILES string of the molecule is COC(=O)C(NC(=S)NN)c1ccccc1. The third-order valence-corrected chi connectivity index (χ3v) is 2.21. The van der Waals surface area contributed by atoms with E-state index in [0.29, 0.717) is 0 Å².